The van der Waals surface area contributed by atoms with E-state index in [0.29, 0.717) is 18.5 Å². The van der Waals surface area contributed by atoms with E-state index in [1.807, 2.05) is 0 Å². The van der Waals surface area contributed by atoms with E-state index in [-0.39, 0.29) is 11.4 Å². The molecule has 70 valence electrons. The predicted octanol–water partition coefficient (Wildman–Crippen LogP) is 1.50. The van der Waals surface area contributed by atoms with E-state index >= 15 is 0 Å². The Morgan fingerprint density at radius 1 is 1.46 bits per heavy atom. The number of hydrogen-bond donors (Lipinski definition) is 1. The molecule has 0 aliphatic heterocycles. The molecule has 0 spiro atoms. The number of carbonyl (C=O) groups is 1. The fraction of sp³-hybridized carbons (Fsp3) is 0.143. The summed E-state index contributed by atoms with van der Waals surface area (Å²) in [5, 5.41) is 0. The number of aldehydes is 1. The van der Waals surface area contributed by atoms with Crippen LogP contribution < -0.4 is 5.73 Å². The van der Waals surface area contributed by atoms with Gasteiger partial charge in [0, 0.05) is 6.20 Å². The molecule has 13 heavy (non-hydrogen) atoms. The Bertz CT molecular complexity index is 335. The number of pyridine rings is 1. The topological polar surface area (TPSA) is 56.0 Å². The molecule has 0 bridgehead atoms. The number of alkyl halides is 3. The molecule has 0 fully saturated rings. The van der Waals surface area contributed by atoms with Crippen molar-refractivity contribution in [2.75, 3.05) is 5.73 Å². The van der Waals surface area contributed by atoms with Crippen LogP contribution in [0.2, 0.25) is 0 Å². The standard InChI is InChI=1S/C7H5F3N2O/c8-7(9,10)4-1-5(11)6(3-13)12-2-4/h1-3H,11H2. The lowest BCUT2D eigenvalue weighted by Gasteiger charge is -2.06. The molecular weight excluding hydrogens is 185 g/mol. The minimum atomic E-state index is -4.48. The first-order valence-electron chi connectivity index (χ1n) is 3.23. The monoisotopic (exact) mass is 190 g/mol. The van der Waals surface area contributed by atoms with Gasteiger partial charge < -0.3 is 5.73 Å². The molecule has 1 heterocycles. The van der Waals surface area contributed by atoms with Crippen molar-refractivity contribution in [1.29, 1.82) is 0 Å². The zero-order valence-corrected chi connectivity index (χ0v) is 6.30. The summed E-state index contributed by atoms with van der Waals surface area (Å²) in [6.45, 7) is 0. The lowest BCUT2D eigenvalue weighted by molar-refractivity contribution is -0.137. The second kappa shape index (κ2) is 3.04. The van der Waals surface area contributed by atoms with Gasteiger partial charge in [0.25, 0.3) is 0 Å². The van der Waals surface area contributed by atoms with E-state index in [1.165, 1.54) is 0 Å². The van der Waals surface area contributed by atoms with Crippen LogP contribution in [0, 0.1) is 0 Å². The summed E-state index contributed by atoms with van der Waals surface area (Å²) in [5.74, 6) is 0. The summed E-state index contributed by atoms with van der Waals surface area (Å²) in [5.41, 5.74) is 3.71. The quantitative estimate of drug-likeness (QED) is 0.682. The van der Waals surface area contributed by atoms with Gasteiger partial charge in [0.15, 0.2) is 6.29 Å². The molecule has 0 atom stereocenters. The van der Waals surface area contributed by atoms with Gasteiger partial charge in [-0.3, -0.25) is 9.78 Å². The third-order valence-electron chi connectivity index (χ3n) is 1.39. The normalized spacial score (nSPS) is 11.3. The second-order valence-electron chi connectivity index (χ2n) is 2.31. The van der Waals surface area contributed by atoms with E-state index in [4.69, 9.17) is 5.73 Å². The molecule has 0 saturated heterocycles. The van der Waals surface area contributed by atoms with Crippen molar-refractivity contribution >= 4 is 12.0 Å². The molecular formula is C7H5F3N2O. The summed E-state index contributed by atoms with van der Waals surface area (Å²) >= 11 is 0. The molecule has 0 saturated carbocycles. The van der Waals surface area contributed by atoms with Crippen molar-refractivity contribution in [3.05, 3.63) is 23.5 Å². The van der Waals surface area contributed by atoms with Crippen LogP contribution in [0.3, 0.4) is 0 Å². The molecule has 1 rings (SSSR count). The third-order valence-corrected chi connectivity index (χ3v) is 1.39. The number of aromatic nitrogens is 1. The van der Waals surface area contributed by atoms with E-state index in [2.05, 4.69) is 4.98 Å². The molecule has 3 nitrogen and oxygen atoms in total. The molecule has 0 aromatic carbocycles. The van der Waals surface area contributed by atoms with Crippen molar-refractivity contribution in [2.24, 2.45) is 0 Å². The summed E-state index contributed by atoms with van der Waals surface area (Å²) in [7, 11) is 0. The van der Waals surface area contributed by atoms with Crippen molar-refractivity contribution in [2.45, 2.75) is 6.18 Å². The van der Waals surface area contributed by atoms with Gasteiger partial charge in [0.05, 0.1) is 11.3 Å². The number of rotatable bonds is 1. The SMILES string of the molecule is Nc1cc(C(F)(F)F)cnc1C=O. The van der Waals surface area contributed by atoms with E-state index in [9.17, 15) is 18.0 Å². The summed E-state index contributed by atoms with van der Waals surface area (Å²) in [4.78, 5) is 13.4. The first-order chi connectivity index (χ1) is 5.95. The van der Waals surface area contributed by atoms with Crippen LogP contribution >= 0.6 is 0 Å². The van der Waals surface area contributed by atoms with Crippen LogP contribution in [0.5, 0.6) is 0 Å². The van der Waals surface area contributed by atoms with E-state index in [1.54, 1.807) is 0 Å². The second-order valence-corrected chi connectivity index (χ2v) is 2.31. The Labute approximate surface area is 71.4 Å². The fourth-order valence-corrected chi connectivity index (χ4v) is 0.746. The lowest BCUT2D eigenvalue weighted by atomic mass is 10.2. The molecule has 0 amide bonds. The van der Waals surface area contributed by atoms with Crippen LogP contribution in [-0.2, 0) is 6.18 Å². The predicted molar refractivity (Wildman–Crippen MR) is 39.0 cm³/mol. The van der Waals surface area contributed by atoms with Crippen LogP contribution in [0.1, 0.15) is 16.1 Å². The maximum absolute atomic E-state index is 12.0. The number of nitrogen functional groups attached to an aromatic ring is 1. The number of halogens is 3. The minimum absolute atomic E-state index is 0.187. The largest absolute Gasteiger partial charge is 0.417 e. The van der Waals surface area contributed by atoms with Gasteiger partial charge in [-0.05, 0) is 6.07 Å². The maximum Gasteiger partial charge on any atom is 0.417 e. The Kier molecular flexibility index (Phi) is 2.22. The Hall–Kier alpha value is -1.59. The van der Waals surface area contributed by atoms with Gasteiger partial charge in [-0.2, -0.15) is 13.2 Å². The number of nitrogens with two attached hydrogens (primary N) is 1. The Morgan fingerprint density at radius 2 is 2.08 bits per heavy atom. The van der Waals surface area contributed by atoms with Crippen LogP contribution in [-0.4, -0.2) is 11.3 Å². The van der Waals surface area contributed by atoms with Crippen molar-refractivity contribution < 1.29 is 18.0 Å². The smallest absolute Gasteiger partial charge is 0.397 e. The Morgan fingerprint density at radius 3 is 2.46 bits per heavy atom. The third kappa shape index (κ3) is 1.95. The highest BCUT2D eigenvalue weighted by Gasteiger charge is 2.31. The van der Waals surface area contributed by atoms with Crippen LogP contribution in [0.15, 0.2) is 12.3 Å². The fourth-order valence-electron chi connectivity index (χ4n) is 0.746. The molecule has 0 aliphatic rings. The van der Waals surface area contributed by atoms with Crippen LogP contribution in [0.4, 0.5) is 18.9 Å². The van der Waals surface area contributed by atoms with E-state index in [0.717, 1.165) is 0 Å². The Balaban J connectivity index is 3.17. The molecule has 0 radical (unpaired) electrons. The highest BCUT2D eigenvalue weighted by molar-refractivity contribution is 5.80. The molecule has 0 unspecified atom stereocenters. The zero-order valence-electron chi connectivity index (χ0n) is 6.30. The van der Waals surface area contributed by atoms with Gasteiger partial charge in [-0.25, -0.2) is 0 Å². The van der Waals surface area contributed by atoms with Crippen molar-refractivity contribution in [3.63, 3.8) is 0 Å². The zero-order chi connectivity index (χ0) is 10.1. The van der Waals surface area contributed by atoms with E-state index < -0.39 is 11.7 Å². The number of anilines is 1. The minimum Gasteiger partial charge on any atom is -0.397 e. The first-order valence-corrected chi connectivity index (χ1v) is 3.23. The average molecular weight is 190 g/mol. The summed E-state index contributed by atoms with van der Waals surface area (Å²) in [6, 6.07) is 0.677. The molecule has 1 aromatic heterocycles. The highest BCUT2D eigenvalue weighted by atomic mass is 19.4. The highest BCUT2D eigenvalue weighted by Crippen LogP contribution is 2.29. The lowest BCUT2D eigenvalue weighted by Crippen LogP contribution is -2.08. The first kappa shape index (κ1) is 9.50. The number of nitrogens with zero attached hydrogens (tertiary/aromatic N) is 1. The van der Waals surface area contributed by atoms with Crippen molar-refractivity contribution in [3.8, 4) is 0 Å². The number of carbonyl (C=O) groups excluding carboxylic acids is 1. The van der Waals surface area contributed by atoms with Gasteiger partial charge in [-0.15, -0.1) is 0 Å². The number of hydrogen-bond acceptors (Lipinski definition) is 3. The van der Waals surface area contributed by atoms with Crippen molar-refractivity contribution in [1.82, 2.24) is 4.98 Å². The van der Waals surface area contributed by atoms with Gasteiger partial charge in [-0.1, -0.05) is 0 Å². The summed E-state index contributed by atoms with van der Waals surface area (Å²) < 4.78 is 36.1. The molecule has 2 N–H and O–H groups in total. The molecule has 1 aromatic rings. The van der Waals surface area contributed by atoms with Gasteiger partial charge >= 0.3 is 6.18 Å². The van der Waals surface area contributed by atoms with Gasteiger partial charge in [0.1, 0.15) is 5.69 Å². The molecule has 6 heteroatoms. The molecule has 0 aliphatic carbocycles. The van der Waals surface area contributed by atoms with Gasteiger partial charge in [0.2, 0.25) is 0 Å². The maximum atomic E-state index is 12.0. The summed E-state index contributed by atoms with van der Waals surface area (Å²) in [6.07, 6.45) is -3.61. The van der Waals surface area contributed by atoms with Crippen LogP contribution in [0.25, 0.3) is 0 Å². The average Bonchev–Trinajstić information content (AvgIpc) is 2.02.